The Balaban J connectivity index is 2.04. The number of hydrogen-bond acceptors (Lipinski definition) is 3. The zero-order valence-corrected chi connectivity index (χ0v) is 11.6. The summed E-state index contributed by atoms with van der Waals surface area (Å²) in [7, 11) is -1.92. The highest BCUT2D eigenvalue weighted by molar-refractivity contribution is 7.72. The summed E-state index contributed by atoms with van der Waals surface area (Å²) in [6.07, 6.45) is 3.21. The first-order chi connectivity index (χ1) is 8.23. The Morgan fingerprint density at radius 3 is 1.88 bits per heavy atom. The van der Waals surface area contributed by atoms with Gasteiger partial charge in [-0.3, -0.25) is 0 Å². The van der Waals surface area contributed by atoms with E-state index in [4.69, 9.17) is 13.7 Å². The van der Waals surface area contributed by atoms with E-state index in [1.54, 1.807) is 0 Å². The van der Waals surface area contributed by atoms with Crippen molar-refractivity contribution in [3.63, 3.8) is 0 Å². The van der Waals surface area contributed by atoms with E-state index in [-0.39, 0.29) is 0 Å². The van der Waals surface area contributed by atoms with Crippen molar-refractivity contribution < 1.29 is 13.7 Å². The fraction of sp³-hybridized carbons (Fsp3) is 0.500. The molecule has 0 aliphatic carbocycles. The van der Waals surface area contributed by atoms with E-state index in [0.29, 0.717) is 0 Å². The lowest BCUT2D eigenvalue weighted by Crippen LogP contribution is -2.30. The van der Waals surface area contributed by atoms with Gasteiger partial charge in [0.25, 0.3) is 0 Å². The van der Waals surface area contributed by atoms with Crippen LogP contribution in [0.5, 0.6) is 11.5 Å². The molecule has 3 nitrogen and oxygen atoms in total. The molecule has 0 unspecified atom stereocenters. The van der Waals surface area contributed by atoms with Crippen LogP contribution in [-0.4, -0.2) is 25.8 Å². The lowest BCUT2D eigenvalue weighted by molar-refractivity contribution is 0.363. The molecule has 0 spiro atoms. The Bertz CT molecular complexity index is 349. The first-order valence-corrected chi connectivity index (χ1v) is 8.46. The minimum absolute atomic E-state index is 0.555. The zero-order chi connectivity index (χ0) is 12.3. The summed E-state index contributed by atoms with van der Waals surface area (Å²) in [4.78, 5) is 0. The van der Waals surface area contributed by atoms with Crippen molar-refractivity contribution in [2.45, 2.75) is 20.8 Å². The first kappa shape index (κ1) is 12.7. The fourth-order valence-corrected chi connectivity index (χ4v) is 4.24. The zero-order valence-electron chi connectivity index (χ0n) is 10.7. The van der Waals surface area contributed by atoms with Crippen molar-refractivity contribution >= 4 is 14.8 Å². The number of rotatable bonds is 5. The second-order valence-corrected chi connectivity index (χ2v) is 8.31. The molecule has 0 atom stereocenters. The molecule has 0 fully saturated rings. The van der Waals surface area contributed by atoms with Crippen LogP contribution >= 0.6 is 7.49 Å². The van der Waals surface area contributed by atoms with Crippen LogP contribution in [0.1, 0.15) is 20.8 Å². The molecular formula is C12H19BO3P+. The van der Waals surface area contributed by atoms with E-state index in [1.807, 2.05) is 24.3 Å². The highest BCUT2D eigenvalue weighted by atomic mass is 31.2. The Kier molecular flexibility index (Phi) is 3.95. The van der Waals surface area contributed by atoms with Gasteiger partial charge < -0.3 is 9.31 Å². The van der Waals surface area contributed by atoms with Gasteiger partial charge in [-0.2, -0.15) is 0 Å². The molecular weight excluding hydrogens is 234 g/mol. The summed E-state index contributed by atoms with van der Waals surface area (Å²) < 4.78 is 17.4. The van der Waals surface area contributed by atoms with Crippen molar-refractivity contribution in [2.75, 3.05) is 18.5 Å². The molecule has 92 valence electrons. The molecule has 0 aromatic heterocycles. The van der Waals surface area contributed by atoms with Crippen LogP contribution in [0.4, 0.5) is 0 Å². The normalized spacial score (nSPS) is 14.2. The van der Waals surface area contributed by atoms with Gasteiger partial charge in [-0.1, -0.05) is 12.1 Å². The molecule has 0 saturated carbocycles. The van der Waals surface area contributed by atoms with E-state index in [1.165, 1.54) is 0 Å². The van der Waals surface area contributed by atoms with E-state index < -0.39 is 14.8 Å². The average molecular weight is 253 g/mol. The lowest BCUT2D eigenvalue weighted by atomic mass is 10.3. The Labute approximate surface area is 104 Å². The smallest absolute Gasteiger partial charge is 0.496 e. The maximum Gasteiger partial charge on any atom is 0.824 e. The molecule has 1 aromatic rings. The van der Waals surface area contributed by atoms with Crippen LogP contribution in [-0.2, 0) is 4.44 Å². The highest BCUT2D eigenvalue weighted by Crippen LogP contribution is 2.59. The summed E-state index contributed by atoms with van der Waals surface area (Å²) in [6.45, 7) is 6.55. The van der Waals surface area contributed by atoms with E-state index in [9.17, 15) is 0 Å². The number of benzene rings is 1. The van der Waals surface area contributed by atoms with Crippen molar-refractivity contribution in [3.05, 3.63) is 24.3 Å². The topological polar surface area (TPSA) is 27.7 Å². The van der Waals surface area contributed by atoms with Crippen LogP contribution in [0.3, 0.4) is 0 Å². The maximum absolute atomic E-state index is 6.10. The van der Waals surface area contributed by atoms with Gasteiger partial charge in [0, 0.05) is 0 Å². The third-order valence-corrected chi connectivity index (χ3v) is 7.41. The monoisotopic (exact) mass is 253 g/mol. The van der Waals surface area contributed by atoms with Crippen LogP contribution < -0.4 is 9.31 Å². The molecule has 0 bridgehead atoms. The highest BCUT2D eigenvalue weighted by Gasteiger charge is 2.47. The van der Waals surface area contributed by atoms with Gasteiger partial charge in [0.2, 0.25) is 0 Å². The predicted molar refractivity (Wildman–Crippen MR) is 73.1 cm³/mol. The minimum Gasteiger partial charge on any atom is -0.496 e. The van der Waals surface area contributed by atoms with Crippen LogP contribution in [0.25, 0.3) is 0 Å². The molecule has 5 heteroatoms. The molecule has 1 heterocycles. The molecule has 0 N–H and O–H groups in total. The van der Waals surface area contributed by atoms with Gasteiger partial charge in [0.1, 0.15) is 19.0 Å². The molecule has 0 saturated heterocycles. The van der Waals surface area contributed by atoms with Gasteiger partial charge in [-0.05, 0) is 32.9 Å². The Morgan fingerprint density at radius 2 is 1.47 bits per heavy atom. The Hall–Kier alpha value is -0.725. The Morgan fingerprint density at radius 1 is 1.00 bits per heavy atom. The lowest BCUT2D eigenvalue weighted by Gasteiger charge is -2.22. The molecule has 1 aromatic carbocycles. The molecule has 17 heavy (non-hydrogen) atoms. The summed E-state index contributed by atoms with van der Waals surface area (Å²) in [5.74, 6) is 1.55. The number of para-hydroxylation sites is 2. The second kappa shape index (κ2) is 5.28. The van der Waals surface area contributed by atoms with E-state index >= 15 is 0 Å². The standard InChI is InChI=1S/C12H19BO3P/c1-4-17(5-2,6-3)16-13-14-11-9-7-8-10-12(11)15-13/h7-10H,4-6H2,1-3H3/q+1. The van der Waals surface area contributed by atoms with Crippen LogP contribution in [0.15, 0.2) is 24.3 Å². The molecule has 0 radical (unpaired) electrons. The first-order valence-electron chi connectivity index (χ1n) is 6.20. The van der Waals surface area contributed by atoms with Gasteiger partial charge >= 0.3 is 7.32 Å². The maximum atomic E-state index is 6.10. The SMILES string of the molecule is CC[P+](CC)(CC)OB1Oc2ccccc2O1. The average Bonchev–Trinajstić information content (AvgIpc) is 2.78. The van der Waals surface area contributed by atoms with Gasteiger partial charge in [-0.15, -0.1) is 0 Å². The minimum atomic E-state index is -1.37. The molecule has 1 aliphatic rings. The quantitative estimate of drug-likeness (QED) is 0.594. The predicted octanol–water partition coefficient (Wildman–Crippen LogP) is 3.45. The van der Waals surface area contributed by atoms with E-state index in [0.717, 1.165) is 30.0 Å². The van der Waals surface area contributed by atoms with Gasteiger partial charge in [0.15, 0.2) is 0 Å². The second-order valence-electron chi connectivity index (χ2n) is 4.08. The van der Waals surface area contributed by atoms with Crippen LogP contribution in [0, 0.1) is 0 Å². The number of hydrogen-bond donors (Lipinski definition) is 0. The molecule has 0 amide bonds. The summed E-state index contributed by atoms with van der Waals surface area (Å²) in [6, 6.07) is 7.68. The van der Waals surface area contributed by atoms with Gasteiger partial charge in [0.05, 0.1) is 18.5 Å². The number of fused-ring (bicyclic) bond motifs is 1. The van der Waals surface area contributed by atoms with Crippen molar-refractivity contribution in [2.24, 2.45) is 0 Å². The van der Waals surface area contributed by atoms with Crippen molar-refractivity contribution in [3.8, 4) is 11.5 Å². The van der Waals surface area contributed by atoms with Crippen molar-refractivity contribution in [1.29, 1.82) is 0 Å². The van der Waals surface area contributed by atoms with Crippen LogP contribution in [0.2, 0.25) is 0 Å². The third-order valence-electron chi connectivity index (χ3n) is 3.33. The van der Waals surface area contributed by atoms with Gasteiger partial charge in [-0.25, -0.2) is 4.44 Å². The fourth-order valence-electron chi connectivity index (χ4n) is 2.00. The van der Waals surface area contributed by atoms with E-state index in [2.05, 4.69) is 20.8 Å². The summed E-state index contributed by atoms with van der Waals surface area (Å²) >= 11 is 0. The molecule has 1 aliphatic heterocycles. The third kappa shape index (κ3) is 2.58. The molecule has 2 rings (SSSR count). The summed E-state index contributed by atoms with van der Waals surface area (Å²) in [5.41, 5.74) is 0. The largest absolute Gasteiger partial charge is 0.824 e. The summed E-state index contributed by atoms with van der Waals surface area (Å²) in [5, 5.41) is 0. The van der Waals surface area contributed by atoms with Crippen molar-refractivity contribution in [1.82, 2.24) is 0 Å².